The Balaban J connectivity index is 2.41. The highest BCUT2D eigenvalue weighted by Crippen LogP contribution is 2.31. The van der Waals surface area contributed by atoms with E-state index in [0.717, 1.165) is 28.8 Å². The number of rotatable bonds is 2. The lowest BCUT2D eigenvalue weighted by Gasteiger charge is -2.10. The number of hydrogen-bond donors (Lipinski definition) is 0. The molecule has 3 heteroatoms. The van der Waals surface area contributed by atoms with E-state index in [0.29, 0.717) is 6.42 Å². The molecule has 0 amide bonds. The van der Waals surface area contributed by atoms with Crippen LogP contribution in [0.5, 0.6) is 0 Å². The molecule has 0 aliphatic rings. The highest BCUT2D eigenvalue weighted by molar-refractivity contribution is 5.67. The van der Waals surface area contributed by atoms with Gasteiger partial charge in [0, 0.05) is 0 Å². The summed E-state index contributed by atoms with van der Waals surface area (Å²) in [5.41, 5.74) is 2.11. The van der Waals surface area contributed by atoms with Crippen molar-refractivity contribution in [3.8, 4) is 11.1 Å². The molecule has 0 unspecified atom stereocenters. The number of halogens is 3. The van der Waals surface area contributed by atoms with E-state index in [2.05, 4.69) is 6.92 Å². The summed E-state index contributed by atoms with van der Waals surface area (Å²) < 4.78 is 37.4. The van der Waals surface area contributed by atoms with Crippen LogP contribution in [0.3, 0.4) is 0 Å². The fraction of sp³-hybridized carbons (Fsp3) is 0.133. The van der Waals surface area contributed by atoms with Gasteiger partial charge in [0.25, 0.3) is 0 Å². The Morgan fingerprint density at radius 2 is 1.50 bits per heavy atom. The fourth-order valence-corrected chi connectivity index (χ4v) is 1.86. The van der Waals surface area contributed by atoms with Crippen LogP contribution in [0.25, 0.3) is 11.1 Å². The highest BCUT2D eigenvalue weighted by atomic mass is 19.4. The van der Waals surface area contributed by atoms with Gasteiger partial charge in [0.05, 0.1) is 5.56 Å². The second-order valence-corrected chi connectivity index (χ2v) is 3.98. The fourth-order valence-electron chi connectivity index (χ4n) is 1.86. The molecule has 18 heavy (non-hydrogen) atoms. The zero-order valence-corrected chi connectivity index (χ0v) is 9.67. The molecule has 0 N–H and O–H groups in total. The van der Waals surface area contributed by atoms with Crippen molar-refractivity contribution in [3.05, 3.63) is 66.6 Å². The van der Waals surface area contributed by atoms with Crippen molar-refractivity contribution in [2.24, 2.45) is 0 Å². The van der Waals surface area contributed by atoms with Crippen LogP contribution in [0.1, 0.15) is 11.1 Å². The monoisotopic (exact) mass is 249 g/mol. The largest absolute Gasteiger partial charge is 0.416 e. The molecule has 0 aromatic heterocycles. The molecule has 0 heterocycles. The van der Waals surface area contributed by atoms with E-state index >= 15 is 0 Å². The molecule has 2 rings (SSSR count). The molecule has 0 atom stereocenters. The Morgan fingerprint density at radius 1 is 0.889 bits per heavy atom. The number of alkyl halides is 3. The molecular formula is C15H12F3. The SMILES string of the molecule is [CH2]Cc1ccccc1-c1ccc(C(F)(F)F)cc1. The first-order valence-electron chi connectivity index (χ1n) is 5.57. The third-order valence-corrected chi connectivity index (χ3v) is 2.81. The minimum Gasteiger partial charge on any atom is -0.166 e. The third kappa shape index (κ3) is 2.55. The Labute approximate surface area is 104 Å². The van der Waals surface area contributed by atoms with Crippen molar-refractivity contribution in [2.45, 2.75) is 12.6 Å². The van der Waals surface area contributed by atoms with Gasteiger partial charge in [-0.15, -0.1) is 0 Å². The Morgan fingerprint density at radius 3 is 2.06 bits per heavy atom. The topological polar surface area (TPSA) is 0 Å². The average molecular weight is 249 g/mol. The lowest BCUT2D eigenvalue weighted by molar-refractivity contribution is -0.137. The van der Waals surface area contributed by atoms with Gasteiger partial charge in [-0.25, -0.2) is 0 Å². The van der Waals surface area contributed by atoms with Crippen molar-refractivity contribution in [1.82, 2.24) is 0 Å². The molecule has 0 aliphatic carbocycles. The second kappa shape index (κ2) is 4.84. The summed E-state index contributed by atoms with van der Waals surface area (Å²) in [6, 6.07) is 12.8. The van der Waals surface area contributed by atoms with E-state index in [1.807, 2.05) is 24.3 Å². The van der Waals surface area contributed by atoms with Gasteiger partial charge in [-0.3, -0.25) is 0 Å². The van der Waals surface area contributed by atoms with Gasteiger partial charge < -0.3 is 0 Å². The highest BCUT2D eigenvalue weighted by Gasteiger charge is 2.29. The van der Waals surface area contributed by atoms with Gasteiger partial charge >= 0.3 is 6.18 Å². The zero-order chi connectivity index (χ0) is 13.2. The maximum atomic E-state index is 12.5. The molecule has 0 spiro atoms. The average Bonchev–Trinajstić information content (AvgIpc) is 2.38. The molecule has 0 fully saturated rings. The summed E-state index contributed by atoms with van der Waals surface area (Å²) in [4.78, 5) is 0. The minimum atomic E-state index is -4.29. The first-order valence-corrected chi connectivity index (χ1v) is 5.57. The predicted octanol–water partition coefficient (Wildman–Crippen LogP) is 4.75. The molecule has 0 saturated carbocycles. The van der Waals surface area contributed by atoms with Crippen LogP contribution in [0.4, 0.5) is 13.2 Å². The Hall–Kier alpha value is -1.77. The van der Waals surface area contributed by atoms with Crippen molar-refractivity contribution in [3.63, 3.8) is 0 Å². The molecule has 0 nitrogen and oxygen atoms in total. The Bertz CT molecular complexity index is 524. The summed E-state index contributed by atoms with van der Waals surface area (Å²) in [7, 11) is 0. The van der Waals surface area contributed by atoms with Gasteiger partial charge in [0.1, 0.15) is 0 Å². The number of hydrogen-bond acceptors (Lipinski definition) is 0. The standard InChI is InChI=1S/C15H12F3/c1-2-11-5-3-4-6-14(11)12-7-9-13(10-8-12)15(16,17)18/h3-10H,1-2H2. The van der Waals surface area contributed by atoms with Crippen LogP contribution in [-0.2, 0) is 12.6 Å². The summed E-state index contributed by atoms with van der Waals surface area (Å²) in [5, 5.41) is 0. The predicted molar refractivity (Wildman–Crippen MR) is 65.9 cm³/mol. The van der Waals surface area contributed by atoms with E-state index in [1.165, 1.54) is 12.1 Å². The number of benzene rings is 2. The van der Waals surface area contributed by atoms with Crippen molar-refractivity contribution in [1.29, 1.82) is 0 Å². The molecular weight excluding hydrogens is 237 g/mol. The first kappa shape index (κ1) is 12.7. The van der Waals surface area contributed by atoms with Crippen LogP contribution in [0, 0.1) is 6.92 Å². The van der Waals surface area contributed by atoms with Crippen LogP contribution >= 0.6 is 0 Å². The molecule has 0 aliphatic heterocycles. The minimum absolute atomic E-state index is 0.608. The summed E-state index contributed by atoms with van der Waals surface area (Å²) in [5.74, 6) is 0. The normalized spacial score (nSPS) is 11.6. The second-order valence-electron chi connectivity index (χ2n) is 3.98. The van der Waals surface area contributed by atoms with Crippen LogP contribution in [0.2, 0.25) is 0 Å². The van der Waals surface area contributed by atoms with E-state index in [-0.39, 0.29) is 0 Å². The summed E-state index contributed by atoms with van der Waals surface area (Å²) in [6.45, 7) is 3.82. The van der Waals surface area contributed by atoms with Crippen LogP contribution in [-0.4, -0.2) is 0 Å². The molecule has 2 aromatic rings. The van der Waals surface area contributed by atoms with Crippen molar-refractivity contribution < 1.29 is 13.2 Å². The smallest absolute Gasteiger partial charge is 0.166 e. The van der Waals surface area contributed by atoms with Crippen molar-refractivity contribution in [2.75, 3.05) is 0 Å². The lowest BCUT2D eigenvalue weighted by atomic mass is 9.97. The van der Waals surface area contributed by atoms with Gasteiger partial charge in [-0.1, -0.05) is 36.4 Å². The molecule has 93 valence electrons. The lowest BCUT2D eigenvalue weighted by Crippen LogP contribution is -2.04. The van der Waals surface area contributed by atoms with Gasteiger partial charge in [0.15, 0.2) is 0 Å². The van der Waals surface area contributed by atoms with E-state index in [4.69, 9.17) is 0 Å². The Kier molecular flexibility index (Phi) is 3.41. The maximum absolute atomic E-state index is 12.5. The van der Waals surface area contributed by atoms with E-state index in [1.54, 1.807) is 0 Å². The van der Waals surface area contributed by atoms with E-state index < -0.39 is 11.7 Å². The van der Waals surface area contributed by atoms with E-state index in [9.17, 15) is 13.2 Å². The maximum Gasteiger partial charge on any atom is 0.416 e. The molecule has 2 aromatic carbocycles. The molecule has 1 radical (unpaired) electrons. The molecule has 0 bridgehead atoms. The first-order chi connectivity index (χ1) is 8.52. The van der Waals surface area contributed by atoms with Gasteiger partial charge in [-0.2, -0.15) is 13.2 Å². The third-order valence-electron chi connectivity index (χ3n) is 2.81. The quantitative estimate of drug-likeness (QED) is 0.720. The molecule has 0 saturated heterocycles. The van der Waals surface area contributed by atoms with Gasteiger partial charge in [-0.05, 0) is 42.2 Å². The summed E-state index contributed by atoms with van der Waals surface area (Å²) >= 11 is 0. The summed E-state index contributed by atoms with van der Waals surface area (Å²) in [6.07, 6.45) is -3.68. The zero-order valence-electron chi connectivity index (χ0n) is 9.67. The van der Waals surface area contributed by atoms with Crippen LogP contribution < -0.4 is 0 Å². The van der Waals surface area contributed by atoms with Gasteiger partial charge in [0.2, 0.25) is 0 Å². The van der Waals surface area contributed by atoms with Crippen molar-refractivity contribution >= 4 is 0 Å². The van der Waals surface area contributed by atoms with Crippen LogP contribution in [0.15, 0.2) is 48.5 Å².